The lowest BCUT2D eigenvalue weighted by Gasteiger charge is -2.07. The van der Waals surface area contributed by atoms with Crippen molar-refractivity contribution in [2.75, 3.05) is 5.32 Å². The molecule has 0 amide bonds. The maximum atomic E-state index is 13.0. The van der Waals surface area contributed by atoms with Crippen LogP contribution >= 0.6 is 0 Å². The molecule has 0 fully saturated rings. The quantitative estimate of drug-likeness (QED) is 0.592. The lowest BCUT2D eigenvalue weighted by Crippen LogP contribution is -2.00. The molecular formula is C16H10FN5. The zero-order chi connectivity index (χ0) is 15.4. The minimum Gasteiger partial charge on any atom is -0.261 e. The fraction of sp³-hybridized carbons (Fsp3) is 0. The average molecular weight is 291 g/mol. The highest BCUT2D eigenvalue weighted by atomic mass is 19.1. The van der Waals surface area contributed by atoms with Gasteiger partial charge in [0.05, 0.1) is 17.1 Å². The van der Waals surface area contributed by atoms with Gasteiger partial charge in [-0.05, 0) is 42.5 Å². The van der Waals surface area contributed by atoms with E-state index in [4.69, 9.17) is 5.26 Å². The van der Waals surface area contributed by atoms with Gasteiger partial charge in [-0.15, -0.1) is 0 Å². The standard InChI is InChI=1S/C16H10FN5/c17-12-6-4-11(5-7-12)14-9-15(13-3-1-2-8-19-13)22-16(21-14)20-10-18/h1-9H,(H,20,21,22). The van der Waals surface area contributed by atoms with E-state index >= 15 is 0 Å². The van der Waals surface area contributed by atoms with Crippen molar-refractivity contribution in [1.29, 1.82) is 5.26 Å². The SMILES string of the molecule is N#CNc1nc(-c2ccc(F)cc2)cc(-c2ccccn2)n1. The van der Waals surface area contributed by atoms with E-state index in [1.807, 2.05) is 12.1 Å². The molecule has 0 saturated heterocycles. The van der Waals surface area contributed by atoms with Gasteiger partial charge in [0.1, 0.15) is 5.82 Å². The summed E-state index contributed by atoms with van der Waals surface area (Å²) in [5.74, 6) is -0.150. The lowest BCUT2D eigenvalue weighted by molar-refractivity contribution is 0.628. The highest BCUT2D eigenvalue weighted by molar-refractivity contribution is 5.67. The summed E-state index contributed by atoms with van der Waals surface area (Å²) >= 11 is 0. The van der Waals surface area contributed by atoms with Crippen LogP contribution in [0.5, 0.6) is 0 Å². The third-order valence-corrected chi connectivity index (χ3v) is 2.96. The molecule has 3 aromatic rings. The summed E-state index contributed by atoms with van der Waals surface area (Å²) in [5, 5.41) is 11.2. The van der Waals surface area contributed by atoms with Crippen molar-refractivity contribution in [2.24, 2.45) is 0 Å². The van der Waals surface area contributed by atoms with Crippen LogP contribution in [0.1, 0.15) is 0 Å². The zero-order valence-electron chi connectivity index (χ0n) is 11.4. The number of anilines is 1. The molecular weight excluding hydrogens is 281 g/mol. The van der Waals surface area contributed by atoms with Gasteiger partial charge in [0, 0.05) is 11.8 Å². The molecule has 0 aliphatic carbocycles. The molecule has 6 heteroatoms. The Morgan fingerprint density at radius 3 is 2.41 bits per heavy atom. The molecule has 0 saturated carbocycles. The van der Waals surface area contributed by atoms with Gasteiger partial charge in [0.25, 0.3) is 0 Å². The van der Waals surface area contributed by atoms with Gasteiger partial charge in [0.15, 0.2) is 6.19 Å². The van der Waals surface area contributed by atoms with Gasteiger partial charge in [-0.3, -0.25) is 10.3 Å². The number of nitriles is 1. The van der Waals surface area contributed by atoms with Crippen LogP contribution in [0.3, 0.4) is 0 Å². The largest absolute Gasteiger partial charge is 0.261 e. The first-order chi connectivity index (χ1) is 10.8. The van der Waals surface area contributed by atoms with Crippen molar-refractivity contribution >= 4 is 5.95 Å². The zero-order valence-corrected chi connectivity index (χ0v) is 11.4. The summed E-state index contributed by atoms with van der Waals surface area (Å²) in [6.45, 7) is 0. The highest BCUT2D eigenvalue weighted by Crippen LogP contribution is 2.24. The van der Waals surface area contributed by atoms with E-state index < -0.39 is 0 Å². The van der Waals surface area contributed by atoms with E-state index in [0.717, 1.165) is 5.56 Å². The average Bonchev–Trinajstić information content (AvgIpc) is 2.56. The normalized spacial score (nSPS) is 10.0. The van der Waals surface area contributed by atoms with Crippen LogP contribution < -0.4 is 5.32 Å². The van der Waals surface area contributed by atoms with Crippen LogP contribution in [0.15, 0.2) is 54.7 Å². The number of nitrogens with one attached hydrogen (secondary N) is 1. The summed E-state index contributed by atoms with van der Waals surface area (Å²) in [4.78, 5) is 12.7. The second kappa shape index (κ2) is 5.97. The first-order valence-corrected chi connectivity index (χ1v) is 6.48. The summed E-state index contributed by atoms with van der Waals surface area (Å²) < 4.78 is 13.0. The molecule has 3 rings (SSSR count). The monoisotopic (exact) mass is 291 g/mol. The van der Waals surface area contributed by atoms with Crippen LogP contribution in [0.4, 0.5) is 10.3 Å². The minimum absolute atomic E-state index is 0.171. The molecule has 0 aliphatic heterocycles. The first-order valence-electron chi connectivity index (χ1n) is 6.48. The highest BCUT2D eigenvalue weighted by Gasteiger charge is 2.09. The Labute approximate surface area is 126 Å². The minimum atomic E-state index is -0.321. The van der Waals surface area contributed by atoms with Crippen molar-refractivity contribution in [1.82, 2.24) is 15.0 Å². The Morgan fingerprint density at radius 2 is 1.73 bits per heavy atom. The molecule has 0 radical (unpaired) electrons. The third kappa shape index (κ3) is 2.88. The van der Waals surface area contributed by atoms with Crippen molar-refractivity contribution in [3.05, 3.63) is 60.5 Å². The Kier molecular flexibility index (Phi) is 3.70. The van der Waals surface area contributed by atoms with Crippen molar-refractivity contribution in [3.8, 4) is 28.8 Å². The van der Waals surface area contributed by atoms with Crippen LogP contribution in [-0.2, 0) is 0 Å². The van der Waals surface area contributed by atoms with Crippen molar-refractivity contribution in [3.63, 3.8) is 0 Å². The van der Waals surface area contributed by atoms with Crippen molar-refractivity contribution < 1.29 is 4.39 Å². The number of benzene rings is 1. The first kappa shape index (κ1) is 13.6. The molecule has 0 atom stereocenters. The van der Waals surface area contributed by atoms with Crippen LogP contribution in [0, 0.1) is 17.3 Å². The van der Waals surface area contributed by atoms with E-state index in [-0.39, 0.29) is 11.8 Å². The number of aromatic nitrogens is 3. The van der Waals surface area contributed by atoms with E-state index in [0.29, 0.717) is 17.1 Å². The van der Waals surface area contributed by atoms with Crippen LogP contribution in [0.25, 0.3) is 22.6 Å². The fourth-order valence-corrected chi connectivity index (χ4v) is 1.97. The molecule has 2 heterocycles. The second-order valence-electron chi connectivity index (χ2n) is 4.42. The van der Waals surface area contributed by atoms with E-state index in [9.17, 15) is 4.39 Å². The number of pyridine rings is 1. The van der Waals surface area contributed by atoms with Crippen LogP contribution in [-0.4, -0.2) is 15.0 Å². The predicted molar refractivity (Wildman–Crippen MR) is 79.9 cm³/mol. The van der Waals surface area contributed by atoms with Gasteiger partial charge < -0.3 is 0 Å². The molecule has 0 unspecified atom stereocenters. The summed E-state index contributed by atoms with van der Waals surface area (Å²) in [6.07, 6.45) is 3.45. The molecule has 106 valence electrons. The predicted octanol–water partition coefficient (Wildman–Crippen LogP) is 3.24. The molecule has 2 aromatic heterocycles. The Balaban J connectivity index is 2.12. The molecule has 0 aliphatic rings. The number of rotatable bonds is 3. The number of hydrogen-bond acceptors (Lipinski definition) is 5. The smallest absolute Gasteiger partial charge is 0.237 e. The molecule has 0 spiro atoms. The van der Waals surface area contributed by atoms with E-state index in [1.54, 1.807) is 36.7 Å². The summed E-state index contributed by atoms with van der Waals surface area (Å²) in [5.41, 5.74) is 2.54. The second-order valence-corrected chi connectivity index (χ2v) is 4.42. The Morgan fingerprint density at radius 1 is 0.955 bits per heavy atom. The van der Waals surface area contributed by atoms with Gasteiger partial charge >= 0.3 is 0 Å². The van der Waals surface area contributed by atoms with Gasteiger partial charge in [-0.25, -0.2) is 14.4 Å². The lowest BCUT2D eigenvalue weighted by atomic mass is 10.1. The summed E-state index contributed by atoms with van der Waals surface area (Å²) in [6, 6.07) is 13.2. The van der Waals surface area contributed by atoms with Crippen LogP contribution in [0.2, 0.25) is 0 Å². The maximum absolute atomic E-state index is 13.0. The van der Waals surface area contributed by atoms with Gasteiger partial charge in [-0.1, -0.05) is 6.07 Å². The molecule has 1 aromatic carbocycles. The molecule has 1 N–H and O–H groups in total. The van der Waals surface area contributed by atoms with E-state index in [1.165, 1.54) is 12.1 Å². The maximum Gasteiger partial charge on any atom is 0.237 e. The molecule has 0 bridgehead atoms. The fourth-order valence-electron chi connectivity index (χ4n) is 1.97. The number of nitrogens with zero attached hydrogens (tertiary/aromatic N) is 4. The molecule has 5 nitrogen and oxygen atoms in total. The number of hydrogen-bond donors (Lipinski definition) is 1. The summed E-state index contributed by atoms with van der Waals surface area (Å²) in [7, 11) is 0. The Bertz CT molecular complexity index is 825. The van der Waals surface area contributed by atoms with Gasteiger partial charge in [-0.2, -0.15) is 5.26 Å². The number of halogens is 1. The Hall–Kier alpha value is -3.33. The topological polar surface area (TPSA) is 74.5 Å². The third-order valence-electron chi connectivity index (χ3n) is 2.96. The van der Waals surface area contributed by atoms with Crippen molar-refractivity contribution in [2.45, 2.75) is 0 Å². The molecule has 22 heavy (non-hydrogen) atoms. The van der Waals surface area contributed by atoms with E-state index in [2.05, 4.69) is 20.3 Å². The van der Waals surface area contributed by atoms with Gasteiger partial charge in [0.2, 0.25) is 5.95 Å².